The van der Waals surface area contributed by atoms with E-state index in [9.17, 15) is 0 Å². The molecule has 1 aliphatic heterocycles. The summed E-state index contributed by atoms with van der Waals surface area (Å²) in [4.78, 5) is 2.52. The minimum Gasteiger partial charge on any atom is -0.378 e. The molecule has 0 amide bonds. The van der Waals surface area contributed by atoms with Crippen LogP contribution < -0.4 is 0 Å². The fourth-order valence-electron chi connectivity index (χ4n) is 2.41. The quantitative estimate of drug-likeness (QED) is 0.785. The maximum absolute atomic E-state index is 5.65. The lowest BCUT2D eigenvalue weighted by molar-refractivity contribution is -0.0508. The molecule has 17 heavy (non-hydrogen) atoms. The molecule has 0 bridgehead atoms. The predicted molar refractivity (Wildman–Crippen MR) is 74.2 cm³/mol. The first-order valence-electron chi connectivity index (χ1n) is 6.09. The number of hydrogen-bond acceptors (Lipinski definition) is 2. The summed E-state index contributed by atoms with van der Waals surface area (Å²) in [6, 6.07) is 8.78. The Morgan fingerprint density at radius 1 is 1.29 bits per heavy atom. The van der Waals surface area contributed by atoms with Gasteiger partial charge in [0.2, 0.25) is 0 Å². The molecule has 2 rings (SSSR count). The highest BCUT2D eigenvalue weighted by molar-refractivity contribution is 9.10. The summed E-state index contributed by atoms with van der Waals surface area (Å²) in [5, 5.41) is 0. The molecule has 0 radical (unpaired) electrons. The third-order valence-electron chi connectivity index (χ3n) is 3.25. The highest BCUT2D eigenvalue weighted by Gasteiger charge is 2.33. The molecule has 0 aromatic heterocycles. The molecule has 0 aliphatic carbocycles. The van der Waals surface area contributed by atoms with Crippen LogP contribution in [0.5, 0.6) is 0 Å². The summed E-state index contributed by atoms with van der Waals surface area (Å²) in [6.45, 7) is 9.40. The van der Waals surface area contributed by atoms with Gasteiger partial charge in [-0.1, -0.05) is 34.1 Å². The van der Waals surface area contributed by atoms with Crippen LogP contribution in [0.4, 0.5) is 0 Å². The van der Waals surface area contributed by atoms with Crippen LogP contribution in [-0.2, 0) is 4.74 Å². The van der Waals surface area contributed by atoms with Gasteiger partial charge in [0.1, 0.15) is 0 Å². The largest absolute Gasteiger partial charge is 0.378 e. The zero-order chi connectivity index (χ0) is 12.5. The maximum Gasteiger partial charge on any atom is 0.0664 e. The highest BCUT2D eigenvalue weighted by Crippen LogP contribution is 2.34. The number of hydrogen-bond donors (Lipinski definition) is 0. The molecule has 1 heterocycles. The lowest BCUT2D eigenvalue weighted by Crippen LogP contribution is -2.50. The molecule has 1 atom stereocenters. The molecule has 1 saturated heterocycles. The Morgan fingerprint density at radius 2 is 2.00 bits per heavy atom. The van der Waals surface area contributed by atoms with E-state index in [-0.39, 0.29) is 5.54 Å². The van der Waals surface area contributed by atoms with Crippen LogP contribution in [0.25, 0.3) is 0 Å². The standard InChI is InChI=1S/C14H20BrNO/c1-14(2,3)16-8-9-17-10-13(16)11-6-4-5-7-12(11)15/h4-7,13H,8-10H2,1-3H3. The van der Waals surface area contributed by atoms with Crippen molar-refractivity contribution in [1.29, 1.82) is 0 Å². The van der Waals surface area contributed by atoms with Crippen molar-refractivity contribution in [2.75, 3.05) is 19.8 Å². The van der Waals surface area contributed by atoms with Gasteiger partial charge in [0, 0.05) is 16.6 Å². The van der Waals surface area contributed by atoms with Crippen molar-refractivity contribution in [2.45, 2.75) is 32.4 Å². The number of nitrogens with zero attached hydrogens (tertiary/aromatic N) is 1. The third kappa shape index (κ3) is 2.90. The molecular formula is C14H20BrNO. The van der Waals surface area contributed by atoms with Crippen molar-refractivity contribution in [3.05, 3.63) is 34.3 Å². The zero-order valence-electron chi connectivity index (χ0n) is 10.7. The van der Waals surface area contributed by atoms with Gasteiger partial charge in [0.25, 0.3) is 0 Å². The van der Waals surface area contributed by atoms with Crippen molar-refractivity contribution in [3.8, 4) is 0 Å². The number of benzene rings is 1. The number of halogens is 1. The van der Waals surface area contributed by atoms with Gasteiger partial charge in [-0.05, 0) is 32.4 Å². The van der Waals surface area contributed by atoms with Crippen LogP contribution in [0.3, 0.4) is 0 Å². The Bertz CT molecular complexity index is 386. The first kappa shape index (κ1) is 13.1. The minimum atomic E-state index is 0.170. The Balaban J connectivity index is 2.32. The Hall–Kier alpha value is -0.380. The Morgan fingerprint density at radius 3 is 2.65 bits per heavy atom. The lowest BCUT2D eigenvalue weighted by Gasteiger charge is -2.44. The van der Waals surface area contributed by atoms with E-state index in [1.807, 2.05) is 0 Å². The number of rotatable bonds is 1. The van der Waals surface area contributed by atoms with Crippen LogP contribution in [0, 0.1) is 0 Å². The van der Waals surface area contributed by atoms with E-state index in [1.165, 1.54) is 10.0 Å². The van der Waals surface area contributed by atoms with E-state index in [2.05, 4.69) is 65.9 Å². The van der Waals surface area contributed by atoms with Crippen molar-refractivity contribution in [3.63, 3.8) is 0 Å². The van der Waals surface area contributed by atoms with Crippen molar-refractivity contribution >= 4 is 15.9 Å². The summed E-state index contributed by atoms with van der Waals surface area (Å²) in [5.74, 6) is 0. The van der Waals surface area contributed by atoms with Crippen LogP contribution >= 0.6 is 15.9 Å². The normalized spacial score (nSPS) is 22.7. The topological polar surface area (TPSA) is 12.5 Å². The molecule has 2 nitrogen and oxygen atoms in total. The second-order valence-corrected chi connectivity index (χ2v) is 6.33. The lowest BCUT2D eigenvalue weighted by atomic mass is 9.97. The first-order valence-corrected chi connectivity index (χ1v) is 6.88. The average molecular weight is 298 g/mol. The van der Waals surface area contributed by atoms with Gasteiger partial charge in [-0.3, -0.25) is 4.90 Å². The number of morpholine rings is 1. The van der Waals surface area contributed by atoms with E-state index in [0.29, 0.717) is 6.04 Å². The average Bonchev–Trinajstić information content (AvgIpc) is 2.28. The van der Waals surface area contributed by atoms with E-state index >= 15 is 0 Å². The van der Waals surface area contributed by atoms with Gasteiger partial charge in [-0.15, -0.1) is 0 Å². The molecule has 1 aromatic rings. The van der Waals surface area contributed by atoms with Gasteiger partial charge >= 0.3 is 0 Å². The molecule has 0 N–H and O–H groups in total. The molecule has 0 saturated carbocycles. The maximum atomic E-state index is 5.65. The van der Waals surface area contributed by atoms with E-state index in [1.54, 1.807) is 0 Å². The monoisotopic (exact) mass is 297 g/mol. The molecular weight excluding hydrogens is 278 g/mol. The summed E-state index contributed by atoms with van der Waals surface area (Å²) >= 11 is 3.64. The Labute approximate surface area is 112 Å². The van der Waals surface area contributed by atoms with Gasteiger partial charge in [0.05, 0.1) is 19.3 Å². The fourth-order valence-corrected chi connectivity index (χ4v) is 2.96. The van der Waals surface area contributed by atoms with Crippen LogP contribution in [0.15, 0.2) is 28.7 Å². The van der Waals surface area contributed by atoms with Gasteiger partial charge in [0.15, 0.2) is 0 Å². The van der Waals surface area contributed by atoms with E-state index < -0.39 is 0 Å². The van der Waals surface area contributed by atoms with Crippen LogP contribution in [-0.4, -0.2) is 30.2 Å². The van der Waals surface area contributed by atoms with Crippen LogP contribution in [0.2, 0.25) is 0 Å². The summed E-state index contributed by atoms with van der Waals surface area (Å²) in [5.41, 5.74) is 1.49. The molecule has 1 aromatic carbocycles. The number of ether oxygens (including phenoxy) is 1. The molecule has 94 valence electrons. The van der Waals surface area contributed by atoms with Crippen molar-refractivity contribution < 1.29 is 4.74 Å². The van der Waals surface area contributed by atoms with E-state index in [0.717, 1.165) is 19.8 Å². The van der Waals surface area contributed by atoms with Crippen molar-refractivity contribution in [1.82, 2.24) is 4.90 Å². The summed E-state index contributed by atoms with van der Waals surface area (Å²) in [7, 11) is 0. The van der Waals surface area contributed by atoms with Crippen molar-refractivity contribution in [2.24, 2.45) is 0 Å². The third-order valence-corrected chi connectivity index (χ3v) is 3.98. The predicted octanol–water partition coefficient (Wildman–Crippen LogP) is 3.62. The molecule has 1 fully saturated rings. The molecule has 1 aliphatic rings. The smallest absolute Gasteiger partial charge is 0.0664 e. The fraction of sp³-hybridized carbons (Fsp3) is 0.571. The SMILES string of the molecule is CC(C)(C)N1CCOCC1c1ccccc1Br. The van der Waals surface area contributed by atoms with E-state index in [4.69, 9.17) is 4.74 Å². The first-order chi connectivity index (χ1) is 8.00. The summed E-state index contributed by atoms with van der Waals surface area (Å²) < 4.78 is 6.83. The molecule has 3 heteroatoms. The zero-order valence-corrected chi connectivity index (χ0v) is 12.3. The van der Waals surface area contributed by atoms with Crippen LogP contribution in [0.1, 0.15) is 32.4 Å². The highest BCUT2D eigenvalue weighted by atomic mass is 79.9. The Kier molecular flexibility index (Phi) is 3.91. The summed E-state index contributed by atoms with van der Waals surface area (Å²) in [6.07, 6.45) is 0. The molecule has 1 unspecified atom stereocenters. The second-order valence-electron chi connectivity index (χ2n) is 5.48. The van der Waals surface area contributed by atoms with Gasteiger partial charge < -0.3 is 4.74 Å². The van der Waals surface area contributed by atoms with Gasteiger partial charge in [-0.25, -0.2) is 0 Å². The minimum absolute atomic E-state index is 0.170. The molecule has 0 spiro atoms. The second kappa shape index (κ2) is 5.09. The van der Waals surface area contributed by atoms with Gasteiger partial charge in [-0.2, -0.15) is 0 Å².